The molecule has 0 heterocycles. The molecule has 2 aromatic carbocycles. The zero-order chi connectivity index (χ0) is 20.2. The van der Waals surface area contributed by atoms with Crippen LogP contribution in [-0.4, -0.2) is 19.0 Å². The van der Waals surface area contributed by atoms with E-state index in [4.69, 9.17) is 19.0 Å². The molecule has 0 spiro atoms. The van der Waals surface area contributed by atoms with E-state index in [1.807, 2.05) is 55.5 Å². The minimum absolute atomic E-state index is 0.116. The molecule has 0 amide bonds. The van der Waals surface area contributed by atoms with E-state index in [1.54, 1.807) is 19.1 Å². The number of nitrogens with zero attached hydrogens (tertiary/aromatic N) is 1. The van der Waals surface area contributed by atoms with Crippen LogP contribution in [0.25, 0.3) is 0 Å². The minimum atomic E-state index is -0.539. The predicted octanol–water partition coefficient (Wildman–Crippen LogP) is 4.60. The normalized spacial score (nSPS) is 11.7. The SMILES string of the molecule is CC=C(Oc1ccccc1COC(CC)=NOCc1ccccc1)C(=O)OC. The second-order valence-corrected chi connectivity index (χ2v) is 5.74. The summed E-state index contributed by atoms with van der Waals surface area (Å²) in [7, 11) is 1.31. The van der Waals surface area contributed by atoms with Crippen LogP contribution in [0.3, 0.4) is 0 Å². The van der Waals surface area contributed by atoms with Crippen LogP contribution in [-0.2, 0) is 32.3 Å². The topological polar surface area (TPSA) is 66.3 Å². The number of hydrogen-bond acceptors (Lipinski definition) is 6. The van der Waals surface area contributed by atoms with Crippen LogP contribution in [0.15, 0.2) is 71.6 Å². The molecule has 0 atom stereocenters. The van der Waals surface area contributed by atoms with Crippen molar-refractivity contribution < 1.29 is 23.8 Å². The number of methoxy groups -OCH3 is 1. The van der Waals surface area contributed by atoms with Gasteiger partial charge in [0.2, 0.25) is 11.7 Å². The molecule has 6 heteroatoms. The molecule has 0 aliphatic carbocycles. The van der Waals surface area contributed by atoms with Crippen molar-refractivity contribution in [1.29, 1.82) is 0 Å². The van der Waals surface area contributed by atoms with E-state index in [1.165, 1.54) is 7.11 Å². The molecule has 0 aliphatic rings. The molecule has 6 nitrogen and oxygen atoms in total. The summed E-state index contributed by atoms with van der Waals surface area (Å²) < 4.78 is 16.2. The Bertz CT molecular complexity index is 815. The van der Waals surface area contributed by atoms with Crippen molar-refractivity contribution in [3.05, 3.63) is 77.6 Å². The molecule has 2 rings (SSSR count). The number of benzene rings is 2. The first-order valence-electron chi connectivity index (χ1n) is 9.03. The maximum Gasteiger partial charge on any atom is 0.373 e. The van der Waals surface area contributed by atoms with Crippen molar-refractivity contribution in [2.75, 3.05) is 7.11 Å². The van der Waals surface area contributed by atoms with E-state index >= 15 is 0 Å². The van der Waals surface area contributed by atoms with Gasteiger partial charge in [-0.25, -0.2) is 4.79 Å². The Morgan fingerprint density at radius 3 is 2.43 bits per heavy atom. The summed E-state index contributed by atoms with van der Waals surface area (Å²) in [5, 5.41) is 4.07. The smallest absolute Gasteiger partial charge is 0.373 e. The van der Waals surface area contributed by atoms with Gasteiger partial charge in [-0.3, -0.25) is 0 Å². The first-order chi connectivity index (χ1) is 13.7. The number of allylic oxidation sites excluding steroid dienone is 1. The highest BCUT2D eigenvalue weighted by atomic mass is 16.6. The average molecular weight is 383 g/mol. The number of carbonyl (C=O) groups excluding carboxylic acids is 1. The van der Waals surface area contributed by atoms with Crippen LogP contribution in [0.4, 0.5) is 0 Å². The highest BCUT2D eigenvalue weighted by Gasteiger charge is 2.14. The van der Waals surface area contributed by atoms with Gasteiger partial charge in [-0.2, -0.15) is 0 Å². The largest absolute Gasteiger partial charge is 0.474 e. The standard InChI is InChI=1S/C22H25NO5/c1-4-19(22(24)25-3)28-20-14-10-9-13-18(20)16-26-21(5-2)23-27-15-17-11-7-6-8-12-17/h4,6-14H,5,15-16H2,1-3H3. The Kier molecular flexibility index (Phi) is 8.59. The number of esters is 1. The molecule has 0 unspecified atom stereocenters. The van der Waals surface area contributed by atoms with E-state index in [0.717, 1.165) is 11.1 Å². The maximum atomic E-state index is 11.7. The third kappa shape index (κ3) is 6.46. The monoisotopic (exact) mass is 383 g/mol. The molecular weight excluding hydrogens is 358 g/mol. The zero-order valence-corrected chi connectivity index (χ0v) is 16.4. The first-order valence-corrected chi connectivity index (χ1v) is 9.03. The Morgan fingerprint density at radius 1 is 1.04 bits per heavy atom. The molecule has 28 heavy (non-hydrogen) atoms. The average Bonchev–Trinajstić information content (AvgIpc) is 2.75. The lowest BCUT2D eigenvalue weighted by Gasteiger charge is -2.13. The fraction of sp³-hybridized carbons (Fsp3) is 0.273. The van der Waals surface area contributed by atoms with Crippen LogP contribution in [0.5, 0.6) is 5.75 Å². The summed E-state index contributed by atoms with van der Waals surface area (Å²) in [5.74, 6) is 0.570. The van der Waals surface area contributed by atoms with E-state index in [0.29, 0.717) is 24.7 Å². The summed E-state index contributed by atoms with van der Waals surface area (Å²) >= 11 is 0. The van der Waals surface area contributed by atoms with Gasteiger partial charge < -0.3 is 19.0 Å². The molecule has 148 valence electrons. The molecule has 0 aliphatic heterocycles. The van der Waals surface area contributed by atoms with E-state index in [2.05, 4.69) is 5.16 Å². The van der Waals surface area contributed by atoms with Gasteiger partial charge in [-0.1, -0.05) is 60.6 Å². The van der Waals surface area contributed by atoms with E-state index < -0.39 is 5.97 Å². The number of oxime groups is 1. The van der Waals surface area contributed by atoms with Gasteiger partial charge in [-0.05, 0) is 24.6 Å². The Balaban J connectivity index is 1.98. The molecule has 0 fully saturated rings. The summed E-state index contributed by atoms with van der Waals surface area (Å²) in [5.41, 5.74) is 1.80. The maximum absolute atomic E-state index is 11.7. The predicted molar refractivity (Wildman–Crippen MR) is 107 cm³/mol. The van der Waals surface area contributed by atoms with Crippen molar-refractivity contribution >= 4 is 11.9 Å². The van der Waals surface area contributed by atoms with Gasteiger partial charge in [0.15, 0.2) is 0 Å². The molecular formula is C22H25NO5. The van der Waals surface area contributed by atoms with Crippen LogP contribution in [0.2, 0.25) is 0 Å². The number of ether oxygens (including phenoxy) is 3. The Morgan fingerprint density at radius 2 is 1.75 bits per heavy atom. The molecule has 0 saturated carbocycles. The van der Waals surface area contributed by atoms with Crippen molar-refractivity contribution in [2.24, 2.45) is 5.16 Å². The van der Waals surface area contributed by atoms with Gasteiger partial charge in [0.05, 0.1) is 7.11 Å². The molecule has 0 aromatic heterocycles. The highest BCUT2D eigenvalue weighted by molar-refractivity contribution is 5.86. The first kappa shape index (κ1) is 21.0. The summed E-state index contributed by atoms with van der Waals surface area (Å²) in [6.07, 6.45) is 2.14. The number of carbonyl (C=O) groups is 1. The second kappa shape index (κ2) is 11.4. The molecule has 0 N–H and O–H groups in total. The third-order valence-electron chi connectivity index (χ3n) is 3.78. The van der Waals surface area contributed by atoms with E-state index in [9.17, 15) is 4.79 Å². The highest BCUT2D eigenvalue weighted by Crippen LogP contribution is 2.22. The number of rotatable bonds is 9. The zero-order valence-electron chi connectivity index (χ0n) is 16.4. The van der Waals surface area contributed by atoms with Crippen LogP contribution in [0.1, 0.15) is 31.4 Å². The molecule has 0 bridgehead atoms. The molecule has 0 radical (unpaired) electrons. The lowest BCUT2D eigenvalue weighted by atomic mass is 10.2. The Hall–Kier alpha value is -3.28. The number of hydrogen-bond donors (Lipinski definition) is 0. The summed E-state index contributed by atoms with van der Waals surface area (Å²) in [6, 6.07) is 17.1. The van der Waals surface area contributed by atoms with Gasteiger partial charge in [0.25, 0.3) is 0 Å². The fourth-order valence-corrected chi connectivity index (χ4v) is 2.27. The van der Waals surface area contributed by atoms with Crippen molar-refractivity contribution in [2.45, 2.75) is 33.5 Å². The van der Waals surface area contributed by atoms with Crippen LogP contribution < -0.4 is 4.74 Å². The van der Waals surface area contributed by atoms with Crippen molar-refractivity contribution in [3.63, 3.8) is 0 Å². The van der Waals surface area contributed by atoms with Gasteiger partial charge in [0.1, 0.15) is 19.0 Å². The second-order valence-electron chi connectivity index (χ2n) is 5.74. The van der Waals surface area contributed by atoms with Crippen LogP contribution >= 0.6 is 0 Å². The molecule has 0 saturated heterocycles. The molecule has 2 aromatic rings. The van der Waals surface area contributed by atoms with E-state index in [-0.39, 0.29) is 12.4 Å². The van der Waals surface area contributed by atoms with Crippen molar-refractivity contribution in [1.82, 2.24) is 0 Å². The quantitative estimate of drug-likeness (QED) is 0.158. The summed E-state index contributed by atoms with van der Waals surface area (Å²) in [6.45, 7) is 4.24. The van der Waals surface area contributed by atoms with Gasteiger partial charge in [-0.15, -0.1) is 0 Å². The van der Waals surface area contributed by atoms with Gasteiger partial charge >= 0.3 is 5.97 Å². The minimum Gasteiger partial charge on any atom is -0.474 e. The lowest BCUT2D eigenvalue weighted by molar-refractivity contribution is -0.138. The van der Waals surface area contributed by atoms with Crippen LogP contribution in [0, 0.1) is 0 Å². The Labute approximate surface area is 165 Å². The van der Waals surface area contributed by atoms with Crippen molar-refractivity contribution in [3.8, 4) is 5.75 Å². The number of para-hydroxylation sites is 1. The fourth-order valence-electron chi connectivity index (χ4n) is 2.27. The third-order valence-corrected chi connectivity index (χ3v) is 3.78. The summed E-state index contributed by atoms with van der Waals surface area (Å²) in [4.78, 5) is 17.1. The van der Waals surface area contributed by atoms with Gasteiger partial charge in [0, 0.05) is 12.0 Å². The lowest BCUT2D eigenvalue weighted by Crippen LogP contribution is -2.12.